The minimum atomic E-state index is -3.73. The van der Waals surface area contributed by atoms with E-state index < -0.39 is 10.0 Å². The number of nitrogens with one attached hydrogen (secondary N) is 2. The molecule has 32 heavy (non-hydrogen) atoms. The molecule has 8 heteroatoms. The van der Waals surface area contributed by atoms with E-state index in [1.165, 1.54) is 24.8 Å². The molecule has 0 bridgehead atoms. The van der Waals surface area contributed by atoms with E-state index in [1.807, 2.05) is 29.6 Å². The van der Waals surface area contributed by atoms with Crippen molar-refractivity contribution in [2.45, 2.75) is 30.7 Å². The predicted molar refractivity (Wildman–Crippen MR) is 128 cm³/mol. The van der Waals surface area contributed by atoms with E-state index in [2.05, 4.69) is 36.0 Å². The van der Waals surface area contributed by atoms with Crippen LogP contribution < -0.4 is 10.0 Å². The fourth-order valence-corrected chi connectivity index (χ4v) is 5.09. The Hall–Kier alpha value is -2.52. The molecule has 1 aromatic heterocycles. The van der Waals surface area contributed by atoms with Crippen LogP contribution in [0, 0.1) is 0 Å². The van der Waals surface area contributed by atoms with Gasteiger partial charge in [0, 0.05) is 24.1 Å². The molecule has 3 rings (SSSR count). The Morgan fingerprint density at radius 2 is 1.75 bits per heavy atom. The van der Waals surface area contributed by atoms with Crippen LogP contribution in [-0.2, 0) is 14.8 Å². The molecule has 0 saturated heterocycles. The molecular formula is C24H28N2O4S2. The molecule has 0 spiro atoms. The molecule has 0 aliphatic rings. The number of rotatable bonds is 10. The molecule has 2 N–H and O–H groups in total. The van der Waals surface area contributed by atoms with Crippen molar-refractivity contribution in [2.24, 2.45) is 0 Å². The molecule has 3 aromatic rings. The molecule has 0 fully saturated rings. The van der Waals surface area contributed by atoms with Crippen LogP contribution in [0.3, 0.4) is 0 Å². The van der Waals surface area contributed by atoms with Gasteiger partial charge in [0.05, 0.1) is 17.5 Å². The largest absolute Gasteiger partial charge is 0.383 e. The van der Waals surface area contributed by atoms with Crippen molar-refractivity contribution in [1.29, 1.82) is 0 Å². The number of thiophene rings is 1. The van der Waals surface area contributed by atoms with Gasteiger partial charge in [-0.15, -0.1) is 11.3 Å². The van der Waals surface area contributed by atoms with Gasteiger partial charge in [-0.1, -0.05) is 50.2 Å². The van der Waals surface area contributed by atoms with Crippen molar-refractivity contribution in [3.63, 3.8) is 0 Å². The SMILES string of the molecule is COCCNS(=O)(=O)c1cccc(C(=O)NC(c2ccc(C(C)C)cc2)c2cccs2)c1. The number of methoxy groups -OCH3 is 1. The van der Waals surface area contributed by atoms with E-state index in [-0.39, 0.29) is 35.6 Å². The number of carbonyl (C=O) groups excluding carboxylic acids is 1. The monoisotopic (exact) mass is 472 g/mol. The summed E-state index contributed by atoms with van der Waals surface area (Å²) >= 11 is 1.56. The molecule has 2 aromatic carbocycles. The topological polar surface area (TPSA) is 84.5 Å². The lowest BCUT2D eigenvalue weighted by Crippen LogP contribution is -2.30. The molecule has 0 aliphatic heterocycles. The second-order valence-corrected chi connectivity index (χ2v) is 10.4. The highest BCUT2D eigenvalue weighted by Gasteiger charge is 2.21. The lowest BCUT2D eigenvalue weighted by atomic mass is 9.98. The Kier molecular flexibility index (Phi) is 8.20. The summed E-state index contributed by atoms with van der Waals surface area (Å²) in [6.45, 7) is 4.69. The van der Waals surface area contributed by atoms with Crippen LogP contribution >= 0.6 is 11.3 Å². The van der Waals surface area contributed by atoms with Crippen molar-refractivity contribution in [2.75, 3.05) is 20.3 Å². The zero-order valence-electron chi connectivity index (χ0n) is 18.4. The number of benzene rings is 2. The highest BCUT2D eigenvalue weighted by molar-refractivity contribution is 7.89. The van der Waals surface area contributed by atoms with E-state index >= 15 is 0 Å². The lowest BCUT2D eigenvalue weighted by Gasteiger charge is -2.19. The van der Waals surface area contributed by atoms with Gasteiger partial charge in [-0.3, -0.25) is 4.79 Å². The molecule has 1 amide bonds. The van der Waals surface area contributed by atoms with Crippen molar-refractivity contribution in [3.05, 3.63) is 87.6 Å². The Morgan fingerprint density at radius 3 is 2.38 bits per heavy atom. The van der Waals surface area contributed by atoms with Gasteiger partial charge in [0.1, 0.15) is 0 Å². The summed E-state index contributed by atoms with van der Waals surface area (Å²) in [5, 5.41) is 5.04. The maximum atomic E-state index is 13.1. The smallest absolute Gasteiger partial charge is 0.252 e. The van der Waals surface area contributed by atoms with E-state index in [0.717, 1.165) is 10.4 Å². The fraction of sp³-hybridized carbons (Fsp3) is 0.292. The van der Waals surface area contributed by atoms with Crippen molar-refractivity contribution >= 4 is 27.3 Å². The van der Waals surface area contributed by atoms with Crippen molar-refractivity contribution < 1.29 is 17.9 Å². The first-order valence-electron chi connectivity index (χ1n) is 10.3. The number of amides is 1. The average molecular weight is 473 g/mol. The molecule has 1 unspecified atom stereocenters. The van der Waals surface area contributed by atoms with Crippen LogP contribution in [0.15, 0.2) is 70.9 Å². The Morgan fingerprint density at radius 1 is 1.03 bits per heavy atom. The number of hydrogen-bond acceptors (Lipinski definition) is 5. The van der Waals surface area contributed by atoms with E-state index in [0.29, 0.717) is 5.92 Å². The molecule has 0 radical (unpaired) electrons. The first kappa shape index (κ1) is 24.1. The Balaban J connectivity index is 1.84. The summed E-state index contributed by atoms with van der Waals surface area (Å²) in [6, 6.07) is 17.8. The third kappa shape index (κ3) is 6.04. The van der Waals surface area contributed by atoms with Crippen LogP contribution in [0.4, 0.5) is 0 Å². The second-order valence-electron chi connectivity index (χ2n) is 7.66. The highest BCUT2D eigenvalue weighted by atomic mass is 32.2. The zero-order chi connectivity index (χ0) is 23.1. The minimum absolute atomic E-state index is 0.0372. The number of carbonyl (C=O) groups is 1. The zero-order valence-corrected chi connectivity index (χ0v) is 20.0. The third-order valence-corrected chi connectivity index (χ3v) is 7.44. The summed E-state index contributed by atoms with van der Waals surface area (Å²) in [7, 11) is -2.23. The summed E-state index contributed by atoms with van der Waals surface area (Å²) in [4.78, 5) is 14.1. The third-order valence-electron chi connectivity index (χ3n) is 5.04. The quantitative estimate of drug-likeness (QED) is 0.431. The molecule has 1 heterocycles. The van der Waals surface area contributed by atoms with Crippen molar-refractivity contribution in [1.82, 2.24) is 10.0 Å². The maximum absolute atomic E-state index is 13.1. The van der Waals surface area contributed by atoms with Gasteiger partial charge >= 0.3 is 0 Å². The van der Waals surface area contributed by atoms with Crippen molar-refractivity contribution in [3.8, 4) is 0 Å². The number of hydrogen-bond donors (Lipinski definition) is 2. The predicted octanol–water partition coefficient (Wildman–Crippen LogP) is 4.32. The van der Waals surface area contributed by atoms with Gasteiger partial charge in [0.15, 0.2) is 0 Å². The minimum Gasteiger partial charge on any atom is -0.383 e. The van der Waals surface area contributed by atoms with E-state index in [1.54, 1.807) is 23.5 Å². The summed E-state index contributed by atoms with van der Waals surface area (Å²) in [5.74, 6) is 0.0753. The average Bonchev–Trinajstić information content (AvgIpc) is 3.32. The van der Waals surface area contributed by atoms with E-state index in [9.17, 15) is 13.2 Å². The number of sulfonamides is 1. The molecule has 6 nitrogen and oxygen atoms in total. The number of ether oxygens (including phenoxy) is 1. The summed E-state index contributed by atoms with van der Waals surface area (Å²) in [6.07, 6.45) is 0. The van der Waals surface area contributed by atoms with Crippen LogP contribution in [0.1, 0.15) is 52.2 Å². The first-order valence-corrected chi connectivity index (χ1v) is 12.7. The van der Waals surface area contributed by atoms with Gasteiger partial charge < -0.3 is 10.1 Å². The van der Waals surface area contributed by atoms with Crippen LogP contribution in [0.5, 0.6) is 0 Å². The Labute approximate surface area is 193 Å². The van der Waals surface area contributed by atoms with Crippen LogP contribution in [0.25, 0.3) is 0 Å². The molecule has 170 valence electrons. The van der Waals surface area contributed by atoms with E-state index in [4.69, 9.17) is 4.74 Å². The van der Waals surface area contributed by atoms with Gasteiger partial charge in [-0.05, 0) is 46.7 Å². The fourth-order valence-electron chi connectivity index (χ4n) is 3.23. The van der Waals surface area contributed by atoms with Gasteiger partial charge in [0.2, 0.25) is 10.0 Å². The molecular weight excluding hydrogens is 444 g/mol. The Bertz CT molecular complexity index is 1130. The van der Waals surface area contributed by atoms with Gasteiger partial charge in [0.25, 0.3) is 5.91 Å². The second kappa shape index (κ2) is 10.9. The molecule has 0 saturated carbocycles. The maximum Gasteiger partial charge on any atom is 0.252 e. The van der Waals surface area contributed by atoms with Gasteiger partial charge in [-0.2, -0.15) is 0 Å². The lowest BCUT2D eigenvalue weighted by molar-refractivity contribution is 0.0943. The highest BCUT2D eigenvalue weighted by Crippen LogP contribution is 2.28. The van der Waals surface area contributed by atoms with Crippen LogP contribution in [0.2, 0.25) is 0 Å². The van der Waals surface area contributed by atoms with Crippen LogP contribution in [-0.4, -0.2) is 34.6 Å². The summed E-state index contributed by atoms with van der Waals surface area (Å²) in [5.41, 5.74) is 2.47. The normalized spacial score (nSPS) is 12.6. The summed E-state index contributed by atoms with van der Waals surface area (Å²) < 4.78 is 32.4. The first-order chi connectivity index (χ1) is 15.3. The van der Waals surface area contributed by atoms with Gasteiger partial charge in [-0.25, -0.2) is 13.1 Å². The molecule has 0 aliphatic carbocycles. The standard InChI is InChI=1S/C24H28N2O4S2/c1-17(2)18-9-11-19(12-10-18)23(22-8-5-15-31-22)26-24(27)20-6-4-7-21(16-20)32(28,29)25-13-14-30-3/h4-12,15-17,23,25H,13-14H2,1-3H3,(H,26,27). The molecule has 1 atom stereocenters.